The molecule has 0 bridgehead atoms. The van der Waals surface area contributed by atoms with E-state index < -0.39 is 0 Å². The van der Waals surface area contributed by atoms with Crippen molar-refractivity contribution in [1.82, 2.24) is 4.98 Å². The molecule has 98 valence electrons. The van der Waals surface area contributed by atoms with Gasteiger partial charge in [0, 0.05) is 11.2 Å². The molecule has 1 amide bonds. The van der Waals surface area contributed by atoms with Crippen LogP contribution in [0, 0.1) is 0 Å². The van der Waals surface area contributed by atoms with E-state index in [0.29, 0.717) is 10.8 Å². The third-order valence-corrected chi connectivity index (χ3v) is 2.86. The Balaban J connectivity index is 2.33. The van der Waals surface area contributed by atoms with E-state index in [0.717, 1.165) is 0 Å². The van der Waals surface area contributed by atoms with Crippen molar-refractivity contribution in [3.63, 3.8) is 0 Å². The monoisotopic (exact) mass is 296 g/mol. The van der Waals surface area contributed by atoms with Crippen molar-refractivity contribution in [2.24, 2.45) is 0 Å². The van der Waals surface area contributed by atoms with Gasteiger partial charge in [-0.25, -0.2) is 4.98 Å². The fourth-order valence-corrected chi connectivity index (χ4v) is 2.13. The molecule has 0 spiro atoms. The number of carbonyl (C=O) groups excluding carboxylic acids is 1. The highest BCUT2D eigenvalue weighted by Gasteiger charge is 2.17. The van der Waals surface area contributed by atoms with Crippen LogP contribution in [0.3, 0.4) is 0 Å². The van der Waals surface area contributed by atoms with E-state index in [1.54, 1.807) is 24.4 Å². The molecule has 0 aliphatic carbocycles. The quantitative estimate of drug-likeness (QED) is 0.940. The average molecular weight is 297 g/mol. The summed E-state index contributed by atoms with van der Waals surface area (Å²) in [5.74, 6) is 0.324. The molecule has 19 heavy (non-hydrogen) atoms. The number of nitrogens with one attached hydrogen (secondary N) is 1. The normalized spacial score (nSPS) is 10.1. The van der Waals surface area contributed by atoms with Gasteiger partial charge in [-0.2, -0.15) is 0 Å². The van der Waals surface area contributed by atoms with E-state index in [9.17, 15) is 4.79 Å². The van der Waals surface area contributed by atoms with Gasteiger partial charge in [-0.1, -0.05) is 29.3 Å². The molecule has 0 atom stereocenters. The molecule has 1 heterocycles. The first kappa shape index (κ1) is 13.6. The van der Waals surface area contributed by atoms with E-state index in [4.69, 9.17) is 27.9 Å². The number of carbonyl (C=O) groups is 1. The van der Waals surface area contributed by atoms with Gasteiger partial charge in [0.2, 0.25) is 0 Å². The molecule has 0 unspecified atom stereocenters. The van der Waals surface area contributed by atoms with Crippen LogP contribution in [0.2, 0.25) is 10.0 Å². The van der Waals surface area contributed by atoms with E-state index >= 15 is 0 Å². The molecular formula is C13H10Cl2N2O2. The van der Waals surface area contributed by atoms with Crippen LogP contribution in [0.4, 0.5) is 5.82 Å². The molecule has 0 fully saturated rings. The summed E-state index contributed by atoms with van der Waals surface area (Å²) in [6.45, 7) is 0. The molecular weight excluding hydrogens is 287 g/mol. The Morgan fingerprint density at radius 2 is 2.11 bits per heavy atom. The van der Waals surface area contributed by atoms with Gasteiger partial charge in [-0.15, -0.1) is 0 Å². The van der Waals surface area contributed by atoms with Crippen LogP contribution >= 0.6 is 23.2 Å². The summed E-state index contributed by atoms with van der Waals surface area (Å²) in [5, 5.41) is 3.28. The summed E-state index contributed by atoms with van der Waals surface area (Å²) in [7, 11) is 1.44. The smallest absolute Gasteiger partial charge is 0.260 e. The van der Waals surface area contributed by atoms with Crippen LogP contribution in [0.1, 0.15) is 10.4 Å². The zero-order chi connectivity index (χ0) is 13.8. The van der Waals surface area contributed by atoms with Crippen LogP contribution < -0.4 is 10.1 Å². The summed E-state index contributed by atoms with van der Waals surface area (Å²) in [6, 6.07) is 8.21. The fraction of sp³-hybridized carbons (Fsp3) is 0.0769. The van der Waals surface area contributed by atoms with E-state index in [1.165, 1.54) is 19.2 Å². The first-order chi connectivity index (χ1) is 9.11. The fourth-order valence-electron chi connectivity index (χ4n) is 1.56. The van der Waals surface area contributed by atoms with Crippen LogP contribution in [0.15, 0.2) is 36.5 Å². The molecule has 1 aromatic heterocycles. The lowest BCUT2D eigenvalue weighted by atomic mass is 10.2. The summed E-state index contributed by atoms with van der Waals surface area (Å²) >= 11 is 11.9. The molecule has 0 aliphatic heterocycles. The second-order valence-electron chi connectivity index (χ2n) is 3.64. The van der Waals surface area contributed by atoms with Gasteiger partial charge in [0.25, 0.3) is 5.91 Å². The molecule has 4 nitrogen and oxygen atoms in total. The number of rotatable bonds is 3. The van der Waals surface area contributed by atoms with Gasteiger partial charge in [0.1, 0.15) is 11.6 Å². The zero-order valence-electron chi connectivity index (χ0n) is 9.98. The number of amides is 1. The number of nitrogens with zero attached hydrogens (tertiary/aromatic N) is 1. The van der Waals surface area contributed by atoms with Crippen molar-refractivity contribution in [2.75, 3.05) is 12.4 Å². The average Bonchev–Trinajstić information content (AvgIpc) is 2.39. The van der Waals surface area contributed by atoms with Gasteiger partial charge in [-0.3, -0.25) is 4.79 Å². The number of hydrogen-bond donors (Lipinski definition) is 1. The lowest BCUT2D eigenvalue weighted by Crippen LogP contribution is -2.14. The summed E-state index contributed by atoms with van der Waals surface area (Å²) in [6.07, 6.45) is 1.58. The van der Waals surface area contributed by atoms with Gasteiger partial charge in [0.15, 0.2) is 0 Å². The maximum absolute atomic E-state index is 12.1. The van der Waals surface area contributed by atoms with E-state index in [-0.39, 0.29) is 22.2 Å². The number of anilines is 1. The Bertz CT molecular complexity index is 603. The SMILES string of the molecule is COc1c(Cl)cc(Cl)cc1C(=O)Nc1ccccn1. The van der Waals surface area contributed by atoms with Crippen molar-refractivity contribution in [1.29, 1.82) is 0 Å². The maximum atomic E-state index is 12.1. The second-order valence-corrected chi connectivity index (χ2v) is 4.48. The van der Waals surface area contributed by atoms with Crippen molar-refractivity contribution in [2.45, 2.75) is 0 Å². The van der Waals surface area contributed by atoms with Crippen LogP contribution in [-0.2, 0) is 0 Å². The number of ether oxygens (including phenoxy) is 1. The Labute approximate surface area is 120 Å². The highest BCUT2D eigenvalue weighted by molar-refractivity contribution is 6.36. The van der Waals surface area contributed by atoms with Crippen molar-refractivity contribution >= 4 is 34.9 Å². The molecule has 0 aliphatic rings. The van der Waals surface area contributed by atoms with Crippen LogP contribution in [-0.4, -0.2) is 18.0 Å². The number of halogens is 2. The lowest BCUT2D eigenvalue weighted by Gasteiger charge is -2.11. The third-order valence-electron chi connectivity index (χ3n) is 2.36. The minimum Gasteiger partial charge on any atom is -0.494 e. The first-order valence-electron chi connectivity index (χ1n) is 5.37. The van der Waals surface area contributed by atoms with E-state index in [2.05, 4.69) is 10.3 Å². The number of methoxy groups -OCH3 is 1. The molecule has 0 radical (unpaired) electrons. The number of benzene rings is 1. The number of pyridine rings is 1. The highest BCUT2D eigenvalue weighted by Crippen LogP contribution is 2.32. The molecule has 1 aromatic carbocycles. The molecule has 0 saturated carbocycles. The Hall–Kier alpha value is -1.78. The molecule has 1 N–H and O–H groups in total. The molecule has 2 aromatic rings. The predicted octanol–water partition coefficient (Wildman–Crippen LogP) is 3.65. The largest absolute Gasteiger partial charge is 0.494 e. The number of hydrogen-bond acceptors (Lipinski definition) is 3. The van der Waals surface area contributed by atoms with Gasteiger partial charge < -0.3 is 10.1 Å². The first-order valence-corrected chi connectivity index (χ1v) is 6.13. The lowest BCUT2D eigenvalue weighted by molar-refractivity contribution is 0.102. The number of aromatic nitrogens is 1. The summed E-state index contributed by atoms with van der Waals surface area (Å²) in [5.41, 5.74) is 0.255. The Kier molecular flexibility index (Phi) is 4.24. The third kappa shape index (κ3) is 3.16. The standard InChI is InChI=1S/C13H10Cl2N2O2/c1-19-12-9(6-8(14)7-10(12)15)13(18)17-11-4-2-3-5-16-11/h2-7H,1H3,(H,16,17,18). The second kappa shape index (κ2) is 5.91. The topological polar surface area (TPSA) is 51.2 Å². The molecule has 0 saturated heterocycles. The van der Waals surface area contributed by atoms with Gasteiger partial charge >= 0.3 is 0 Å². The minimum absolute atomic E-state index is 0.255. The van der Waals surface area contributed by atoms with Crippen molar-refractivity contribution in [3.05, 3.63) is 52.1 Å². The zero-order valence-corrected chi connectivity index (χ0v) is 11.5. The van der Waals surface area contributed by atoms with E-state index in [1.807, 2.05) is 0 Å². The van der Waals surface area contributed by atoms with Gasteiger partial charge in [-0.05, 0) is 24.3 Å². The summed E-state index contributed by atoms with van der Waals surface area (Å²) in [4.78, 5) is 16.2. The Morgan fingerprint density at radius 1 is 1.32 bits per heavy atom. The predicted molar refractivity (Wildman–Crippen MR) is 75.2 cm³/mol. The summed E-state index contributed by atoms with van der Waals surface area (Å²) < 4.78 is 5.12. The highest BCUT2D eigenvalue weighted by atomic mass is 35.5. The molecule has 2 rings (SSSR count). The maximum Gasteiger partial charge on any atom is 0.260 e. The van der Waals surface area contributed by atoms with Crippen molar-refractivity contribution < 1.29 is 9.53 Å². The van der Waals surface area contributed by atoms with Gasteiger partial charge in [0.05, 0.1) is 17.7 Å². The van der Waals surface area contributed by atoms with Crippen LogP contribution in [0.25, 0.3) is 0 Å². The van der Waals surface area contributed by atoms with Crippen LogP contribution in [0.5, 0.6) is 5.75 Å². The van der Waals surface area contributed by atoms with Crippen molar-refractivity contribution in [3.8, 4) is 5.75 Å². The molecule has 6 heteroatoms. The Morgan fingerprint density at radius 3 is 2.74 bits per heavy atom. The minimum atomic E-state index is -0.389.